The number of rotatable bonds is 4. The maximum absolute atomic E-state index is 9.26. The Morgan fingerprint density at radius 3 is 2.66 bits per heavy atom. The van der Waals surface area contributed by atoms with Crippen LogP contribution in [-0.4, -0.2) is 49.4 Å². The number of halogens is 1. The van der Waals surface area contributed by atoms with Gasteiger partial charge in [0.15, 0.2) is 4.96 Å². The first-order chi connectivity index (χ1) is 17.6. The first-order valence-corrected chi connectivity index (χ1v) is 13.0. The van der Waals surface area contributed by atoms with Crippen molar-refractivity contribution in [3.63, 3.8) is 0 Å². The largest absolute Gasteiger partial charge is 0.412 e. The van der Waals surface area contributed by atoms with Gasteiger partial charge in [0.05, 0.1) is 23.0 Å². The summed E-state index contributed by atoms with van der Waals surface area (Å²) in [5.41, 5.74) is 4.03. The molecule has 196 valence electrons. The molecule has 0 amide bonds. The summed E-state index contributed by atoms with van der Waals surface area (Å²) in [4.78, 5) is 15.8. The fourth-order valence-corrected chi connectivity index (χ4v) is 4.92. The molecule has 5 aromatic rings. The highest BCUT2D eigenvalue weighted by Crippen LogP contribution is 2.34. The third kappa shape index (κ3) is 6.68. The van der Waals surface area contributed by atoms with E-state index in [1.165, 1.54) is 0 Å². The first kappa shape index (κ1) is 29.1. The number of benzene rings is 2. The quantitative estimate of drug-likeness (QED) is 0.277. The van der Waals surface area contributed by atoms with Crippen molar-refractivity contribution in [3.05, 3.63) is 83.0 Å². The van der Waals surface area contributed by atoms with Crippen LogP contribution in [-0.2, 0) is 0 Å². The Kier molecular flexibility index (Phi) is 10.2. The van der Waals surface area contributed by atoms with Crippen molar-refractivity contribution in [2.75, 3.05) is 18.4 Å². The summed E-state index contributed by atoms with van der Waals surface area (Å²) < 4.78 is 2.04. The van der Waals surface area contributed by atoms with Crippen LogP contribution in [0.25, 0.3) is 27.6 Å². The number of hydrogen-bond acceptors (Lipinski definition) is 8. The highest BCUT2D eigenvalue weighted by atomic mass is 35.5. The molecule has 38 heavy (non-hydrogen) atoms. The highest BCUT2D eigenvalue weighted by Gasteiger charge is 2.20. The summed E-state index contributed by atoms with van der Waals surface area (Å²) in [6.45, 7) is 1.93. The molecule has 0 aliphatic carbocycles. The minimum absolute atomic E-state index is 0. The van der Waals surface area contributed by atoms with Crippen LogP contribution >= 0.6 is 35.6 Å². The summed E-state index contributed by atoms with van der Waals surface area (Å²) in [5.74, 6) is 0.619. The van der Waals surface area contributed by atoms with Gasteiger partial charge in [-0.2, -0.15) is 5.26 Å². The molecule has 3 aromatic heterocycles. The molecule has 1 saturated heterocycles. The topological polar surface area (TPSA) is 154 Å². The summed E-state index contributed by atoms with van der Waals surface area (Å²) in [7, 11) is 0. The fourth-order valence-electron chi connectivity index (χ4n) is 3.93. The number of thiol groups is 1. The van der Waals surface area contributed by atoms with Crippen LogP contribution in [0.3, 0.4) is 0 Å². The molecule has 9 nitrogen and oxygen atoms in total. The van der Waals surface area contributed by atoms with Gasteiger partial charge >= 0.3 is 0 Å². The lowest BCUT2D eigenvalue weighted by molar-refractivity contribution is 0.780. The Morgan fingerprint density at radius 2 is 1.95 bits per heavy atom. The molecule has 1 aliphatic rings. The predicted molar refractivity (Wildman–Crippen MR) is 155 cm³/mol. The summed E-state index contributed by atoms with van der Waals surface area (Å²) >= 11 is 11.2. The Balaban J connectivity index is 0.000000347. The molecule has 0 radical (unpaired) electrons. The number of nitrogens with zero attached hydrogens (tertiary/aromatic N) is 5. The van der Waals surface area contributed by atoms with Gasteiger partial charge in [-0.25, -0.2) is 15.0 Å². The lowest BCUT2D eigenvalue weighted by Crippen LogP contribution is -2.23. The molecule has 0 spiro atoms. The monoisotopic (exact) mass is 567 g/mol. The van der Waals surface area contributed by atoms with E-state index in [0.29, 0.717) is 17.6 Å². The Hall–Kier alpha value is -3.50. The van der Waals surface area contributed by atoms with Crippen LogP contribution in [0.2, 0.25) is 5.02 Å². The van der Waals surface area contributed by atoms with Crippen LogP contribution in [0, 0.1) is 11.3 Å². The minimum Gasteiger partial charge on any atom is -0.412 e. The van der Waals surface area contributed by atoms with Crippen molar-refractivity contribution in [3.8, 4) is 28.7 Å². The average molecular weight is 568 g/mol. The van der Waals surface area contributed by atoms with Gasteiger partial charge in [-0.05, 0) is 55.4 Å². The molecule has 0 saturated carbocycles. The third-order valence-corrected chi connectivity index (χ3v) is 6.95. The van der Waals surface area contributed by atoms with E-state index in [1.807, 2.05) is 64.5 Å². The minimum atomic E-state index is 0. The zero-order valence-electron chi connectivity index (χ0n) is 20.1. The Bertz CT molecular complexity index is 1510. The van der Waals surface area contributed by atoms with Gasteiger partial charge in [-0.3, -0.25) is 4.40 Å². The van der Waals surface area contributed by atoms with E-state index in [-0.39, 0.29) is 11.0 Å². The molecule has 0 bridgehead atoms. The number of nitriles is 1. The lowest BCUT2D eigenvalue weighted by Gasteiger charge is -2.12. The van der Waals surface area contributed by atoms with Crippen LogP contribution < -0.4 is 10.6 Å². The zero-order valence-corrected chi connectivity index (χ0v) is 22.6. The van der Waals surface area contributed by atoms with Gasteiger partial charge in [-0.15, -0.1) is 24.0 Å². The van der Waals surface area contributed by atoms with E-state index in [9.17, 15) is 5.26 Å². The second-order valence-electron chi connectivity index (χ2n) is 8.13. The van der Waals surface area contributed by atoms with Crippen molar-refractivity contribution >= 4 is 46.5 Å². The van der Waals surface area contributed by atoms with Crippen LogP contribution in [0.5, 0.6) is 0 Å². The maximum Gasteiger partial charge on any atom is 0.223 e. The van der Waals surface area contributed by atoms with Gasteiger partial charge < -0.3 is 21.6 Å². The van der Waals surface area contributed by atoms with Crippen molar-refractivity contribution in [1.82, 2.24) is 24.7 Å². The van der Waals surface area contributed by atoms with Crippen LogP contribution in [0.4, 0.5) is 5.95 Å². The molecule has 1 atom stereocenters. The van der Waals surface area contributed by atoms with Gasteiger partial charge in [-0.1, -0.05) is 23.7 Å². The van der Waals surface area contributed by atoms with Gasteiger partial charge in [0, 0.05) is 45.8 Å². The van der Waals surface area contributed by atoms with Gasteiger partial charge in [0.1, 0.15) is 5.69 Å². The van der Waals surface area contributed by atoms with E-state index in [0.717, 1.165) is 57.0 Å². The van der Waals surface area contributed by atoms with E-state index in [4.69, 9.17) is 21.6 Å². The number of nitrogens with one attached hydrogen (secondary N) is 2. The van der Waals surface area contributed by atoms with Crippen LogP contribution in [0.15, 0.2) is 77.3 Å². The molecular formula is C26H26ClN7O2S2. The predicted octanol–water partition coefficient (Wildman–Crippen LogP) is 4.14. The summed E-state index contributed by atoms with van der Waals surface area (Å²) in [6.07, 6.45) is 4.83. The lowest BCUT2D eigenvalue weighted by atomic mass is 10.1. The molecule has 1 fully saturated rings. The van der Waals surface area contributed by atoms with Gasteiger partial charge in [0.2, 0.25) is 5.95 Å². The average Bonchev–Trinajstić information content (AvgIpc) is 3.65. The number of anilines is 1. The number of fused-ring (bicyclic) bond motifs is 1. The van der Waals surface area contributed by atoms with E-state index < -0.39 is 0 Å². The zero-order chi connectivity index (χ0) is 24.9. The molecule has 0 unspecified atom stereocenters. The smallest absolute Gasteiger partial charge is 0.223 e. The van der Waals surface area contributed by atoms with Crippen molar-refractivity contribution < 1.29 is 11.0 Å². The summed E-state index contributed by atoms with van der Waals surface area (Å²) in [5, 5.41) is 18.8. The molecule has 6 N–H and O–H groups in total. The third-order valence-electron chi connectivity index (χ3n) is 5.65. The maximum atomic E-state index is 9.26. The van der Waals surface area contributed by atoms with Crippen molar-refractivity contribution in [2.24, 2.45) is 0 Å². The molecule has 4 heterocycles. The fraction of sp³-hybridized carbons (Fsp3) is 0.154. The number of hydrogen-bond donors (Lipinski definition) is 3. The standard InChI is InChI=1S/C20H17N7S.C6H5ClS.2H2O/c21-11-13-2-1-3-14(10-13)17-18(27-8-9-28-20(27)26-17)16-5-7-23-19(25-16)24-15-4-6-22-12-15;7-5-1-3-6(8)4-2-5;;/h1-3,5,7-10,15,22H,4,6,12H2,(H,23,24,25);1-4,8H;2*1H2/t15-;;;/m1.../s1. The van der Waals surface area contributed by atoms with E-state index in [2.05, 4.69) is 34.3 Å². The molecule has 1 aliphatic heterocycles. The Labute approximate surface area is 234 Å². The SMILES string of the molecule is N#Cc1cccc(-c2nc3sccn3c2-c2ccnc(N[C@@H]3CCNC3)n2)c1.O.O.Sc1ccc(Cl)cc1. The van der Waals surface area contributed by atoms with Crippen LogP contribution in [0.1, 0.15) is 12.0 Å². The summed E-state index contributed by atoms with van der Waals surface area (Å²) in [6, 6.07) is 19.3. The first-order valence-electron chi connectivity index (χ1n) is 11.3. The van der Waals surface area contributed by atoms with E-state index in [1.54, 1.807) is 23.6 Å². The van der Waals surface area contributed by atoms with E-state index >= 15 is 0 Å². The normalized spacial score (nSPS) is 14.0. The van der Waals surface area contributed by atoms with Crippen molar-refractivity contribution in [2.45, 2.75) is 17.4 Å². The number of imidazole rings is 1. The second-order valence-corrected chi connectivity index (χ2v) is 9.96. The second kappa shape index (κ2) is 13.3. The Morgan fingerprint density at radius 1 is 1.13 bits per heavy atom. The number of aromatic nitrogens is 4. The molecule has 2 aromatic carbocycles. The molecule has 6 rings (SSSR count). The van der Waals surface area contributed by atoms with Gasteiger partial charge in [0.25, 0.3) is 0 Å². The molecule has 12 heteroatoms. The highest BCUT2D eigenvalue weighted by molar-refractivity contribution is 7.80. The van der Waals surface area contributed by atoms with Crippen molar-refractivity contribution in [1.29, 1.82) is 5.26 Å². The molecular weight excluding hydrogens is 542 g/mol. The number of thiazole rings is 1.